The van der Waals surface area contributed by atoms with Gasteiger partial charge in [0.1, 0.15) is 11.9 Å². The number of ether oxygens (including phenoxy) is 1. The zero-order valence-corrected chi connectivity index (χ0v) is 16.1. The molecule has 0 saturated carbocycles. The number of nitrogens with one attached hydrogen (secondary N) is 2. The van der Waals surface area contributed by atoms with Crippen LogP contribution in [-0.4, -0.2) is 18.6 Å². The van der Waals surface area contributed by atoms with Crippen molar-refractivity contribution < 1.29 is 9.53 Å². The van der Waals surface area contributed by atoms with Crippen molar-refractivity contribution in [3.63, 3.8) is 0 Å². The van der Waals surface area contributed by atoms with Crippen LogP contribution in [0.5, 0.6) is 5.75 Å². The van der Waals surface area contributed by atoms with Gasteiger partial charge in [-0.2, -0.15) is 0 Å². The van der Waals surface area contributed by atoms with Crippen LogP contribution in [0.4, 0.5) is 11.4 Å². The number of carbonyl (C=O) groups excluding carboxylic acids is 1. The Hall–Kier alpha value is -2.49. The number of anilines is 2. The molecule has 0 spiro atoms. The lowest BCUT2D eigenvalue weighted by atomic mass is 9.86. The minimum Gasteiger partial charge on any atom is -0.487 e. The van der Waals surface area contributed by atoms with Crippen molar-refractivity contribution in [1.29, 1.82) is 0 Å². The average molecular weight is 352 g/mol. The quantitative estimate of drug-likeness (QED) is 0.835. The molecule has 3 rings (SSSR count). The minimum atomic E-state index is 0.0231. The van der Waals surface area contributed by atoms with Gasteiger partial charge in [-0.05, 0) is 48.1 Å². The fourth-order valence-corrected chi connectivity index (χ4v) is 3.01. The molecule has 0 bridgehead atoms. The second-order valence-electron chi connectivity index (χ2n) is 8.02. The molecule has 26 heavy (non-hydrogen) atoms. The molecule has 0 fully saturated rings. The Morgan fingerprint density at radius 3 is 2.62 bits per heavy atom. The molecule has 4 heteroatoms. The Bertz CT molecular complexity index is 776. The topological polar surface area (TPSA) is 50.4 Å². The van der Waals surface area contributed by atoms with Gasteiger partial charge in [0.2, 0.25) is 5.91 Å². The monoisotopic (exact) mass is 352 g/mol. The standard InChI is InChI=1S/C22H28N2O2/c1-15-14-23-19-13-18(10-11-20(19)26-15)24-21(25)12-7-16-5-8-17(9-6-16)22(2,3)4/h5-6,8-11,13,15,23H,7,12,14H2,1-4H3,(H,24,25). The van der Waals surface area contributed by atoms with Crippen molar-refractivity contribution >= 4 is 17.3 Å². The zero-order valence-electron chi connectivity index (χ0n) is 16.1. The van der Waals surface area contributed by atoms with E-state index in [0.717, 1.165) is 30.1 Å². The number of fused-ring (bicyclic) bond motifs is 1. The van der Waals surface area contributed by atoms with E-state index in [4.69, 9.17) is 4.74 Å². The maximum Gasteiger partial charge on any atom is 0.224 e. The van der Waals surface area contributed by atoms with Crippen LogP contribution in [0.2, 0.25) is 0 Å². The Kier molecular flexibility index (Phi) is 5.21. The summed E-state index contributed by atoms with van der Waals surface area (Å²) in [6, 6.07) is 14.3. The van der Waals surface area contributed by atoms with E-state index in [-0.39, 0.29) is 17.4 Å². The van der Waals surface area contributed by atoms with Gasteiger partial charge < -0.3 is 15.4 Å². The van der Waals surface area contributed by atoms with Crippen molar-refractivity contribution in [2.45, 2.75) is 52.1 Å². The molecule has 4 nitrogen and oxygen atoms in total. The zero-order chi connectivity index (χ0) is 18.7. The maximum absolute atomic E-state index is 12.3. The molecular formula is C22H28N2O2. The third kappa shape index (κ3) is 4.57. The molecule has 1 amide bonds. The second kappa shape index (κ2) is 7.40. The van der Waals surface area contributed by atoms with Gasteiger partial charge in [-0.1, -0.05) is 45.0 Å². The average Bonchev–Trinajstić information content (AvgIpc) is 2.60. The summed E-state index contributed by atoms with van der Waals surface area (Å²) in [5.41, 5.74) is 4.37. The van der Waals surface area contributed by atoms with Gasteiger partial charge in [0.05, 0.1) is 12.2 Å². The van der Waals surface area contributed by atoms with Gasteiger partial charge >= 0.3 is 0 Å². The Morgan fingerprint density at radius 2 is 1.92 bits per heavy atom. The smallest absolute Gasteiger partial charge is 0.224 e. The maximum atomic E-state index is 12.3. The summed E-state index contributed by atoms with van der Waals surface area (Å²) in [6.07, 6.45) is 1.36. The molecule has 0 aromatic heterocycles. The summed E-state index contributed by atoms with van der Waals surface area (Å²) in [5.74, 6) is 0.857. The number of aryl methyl sites for hydroxylation is 1. The molecule has 0 aliphatic carbocycles. The van der Waals surface area contributed by atoms with Crippen LogP contribution in [0.1, 0.15) is 45.2 Å². The first-order chi connectivity index (χ1) is 12.3. The molecule has 1 atom stereocenters. The molecule has 1 aliphatic rings. The van der Waals surface area contributed by atoms with E-state index in [9.17, 15) is 4.79 Å². The van der Waals surface area contributed by atoms with Crippen LogP contribution in [0.25, 0.3) is 0 Å². The van der Waals surface area contributed by atoms with Crippen LogP contribution in [0.15, 0.2) is 42.5 Å². The van der Waals surface area contributed by atoms with Crippen LogP contribution in [-0.2, 0) is 16.6 Å². The SMILES string of the molecule is CC1CNc2cc(NC(=O)CCc3ccc(C(C)(C)C)cc3)ccc2O1. The highest BCUT2D eigenvalue weighted by atomic mass is 16.5. The van der Waals surface area contributed by atoms with Crippen molar-refractivity contribution in [1.82, 2.24) is 0 Å². The van der Waals surface area contributed by atoms with Crippen LogP contribution in [0, 0.1) is 0 Å². The normalized spacial score (nSPS) is 16.2. The first kappa shape index (κ1) is 18.3. The second-order valence-corrected chi connectivity index (χ2v) is 8.02. The lowest BCUT2D eigenvalue weighted by Gasteiger charge is -2.25. The summed E-state index contributed by atoms with van der Waals surface area (Å²) >= 11 is 0. The molecule has 2 aromatic rings. The molecule has 1 aliphatic heterocycles. The fourth-order valence-electron chi connectivity index (χ4n) is 3.01. The van der Waals surface area contributed by atoms with E-state index >= 15 is 0 Å². The molecule has 2 aromatic carbocycles. The third-order valence-electron chi connectivity index (χ3n) is 4.63. The van der Waals surface area contributed by atoms with Gasteiger partial charge in [-0.3, -0.25) is 4.79 Å². The highest BCUT2D eigenvalue weighted by molar-refractivity contribution is 5.91. The summed E-state index contributed by atoms with van der Waals surface area (Å²) in [7, 11) is 0. The predicted octanol–water partition coefficient (Wildman–Crippen LogP) is 4.75. The summed E-state index contributed by atoms with van der Waals surface area (Å²) < 4.78 is 5.76. The van der Waals surface area contributed by atoms with Crippen molar-refractivity contribution in [3.8, 4) is 5.75 Å². The van der Waals surface area contributed by atoms with Crippen LogP contribution in [0.3, 0.4) is 0 Å². The molecule has 1 unspecified atom stereocenters. The van der Waals surface area contributed by atoms with Gasteiger partial charge in [0, 0.05) is 12.1 Å². The molecule has 138 valence electrons. The lowest BCUT2D eigenvalue weighted by Crippen LogP contribution is -2.27. The largest absolute Gasteiger partial charge is 0.487 e. The summed E-state index contributed by atoms with van der Waals surface area (Å²) in [4.78, 5) is 12.3. The Labute approximate surface area is 156 Å². The van der Waals surface area contributed by atoms with E-state index in [1.165, 1.54) is 11.1 Å². The molecular weight excluding hydrogens is 324 g/mol. The van der Waals surface area contributed by atoms with Crippen LogP contribution >= 0.6 is 0 Å². The lowest BCUT2D eigenvalue weighted by molar-refractivity contribution is -0.116. The van der Waals surface area contributed by atoms with Crippen LogP contribution < -0.4 is 15.4 Å². The van der Waals surface area contributed by atoms with E-state index in [1.807, 2.05) is 25.1 Å². The van der Waals surface area contributed by atoms with E-state index in [2.05, 4.69) is 55.7 Å². The van der Waals surface area contributed by atoms with Crippen molar-refractivity contribution in [2.24, 2.45) is 0 Å². The molecule has 0 saturated heterocycles. The Balaban J connectivity index is 1.54. The number of carbonyl (C=O) groups is 1. The number of rotatable bonds is 4. The first-order valence-corrected chi connectivity index (χ1v) is 9.25. The number of hydrogen-bond donors (Lipinski definition) is 2. The minimum absolute atomic E-state index is 0.0231. The summed E-state index contributed by atoms with van der Waals surface area (Å²) in [5, 5.41) is 6.30. The highest BCUT2D eigenvalue weighted by Crippen LogP contribution is 2.31. The van der Waals surface area contributed by atoms with Gasteiger partial charge in [0.25, 0.3) is 0 Å². The highest BCUT2D eigenvalue weighted by Gasteiger charge is 2.16. The summed E-state index contributed by atoms with van der Waals surface area (Å²) in [6.45, 7) is 9.41. The number of amides is 1. The predicted molar refractivity (Wildman–Crippen MR) is 107 cm³/mol. The molecule has 0 radical (unpaired) electrons. The van der Waals surface area contributed by atoms with E-state index in [1.54, 1.807) is 0 Å². The Morgan fingerprint density at radius 1 is 1.19 bits per heavy atom. The number of benzene rings is 2. The van der Waals surface area contributed by atoms with E-state index in [0.29, 0.717) is 6.42 Å². The van der Waals surface area contributed by atoms with Crippen molar-refractivity contribution in [2.75, 3.05) is 17.2 Å². The van der Waals surface area contributed by atoms with Crippen molar-refractivity contribution in [3.05, 3.63) is 53.6 Å². The van der Waals surface area contributed by atoms with Gasteiger partial charge in [0.15, 0.2) is 0 Å². The third-order valence-corrected chi connectivity index (χ3v) is 4.63. The molecule has 2 N–H and O–H groups in total. The first-order valence-electron chi connectivity index (χ1n) is 9.25. The van der Waals surface area contributed by atoms with E-state index < -0.39 is 0 Å². The van der Waals surface area contributed by atoms with Gasteiger partial charge in [-0.25, -0.2) is 0 Å². The van der Waals surface area contributed by atoms with Gasteiger partial charge in [-0.15, -0.1) is 0 Å². The molecule has 1 heterocycles. The fraction of sp³-hybridized carbons (Fsp3) is 0.409. The number of hydrogen-bond acceptors (Lipinski definition) is 3.